The number of anilines is 1. The highest BCUT2D eigenvalue weighted by molar-refractivity contribution is 6.04. The lowest BCUT2D eigenvalue weighted by atomic mass is 10.2. The molecular formula is C14H19N3O3. The maximum atomic E-state index is 11.9. The van der Waals surface area contributed by atoms with E-state index >= 15 is 0 Å². The first kappa shape index (κ1) is 15.7. The molecule has 1 aromatic heterocycles. The number of esters is 1. The minimum atomic E-state index is -0.495. The molecular weight excluding hydrogens is 258 g/mol. The van der Waals surface area contributed by atoms with E-state index in [0.717, 1.165) is 0 Å². The van der Waals surface area contributed by atoms with Crippen LogP contribution in [0, 0.1) is 6.92 Å². The highest BCUT2D eigenvalue weighted by Gasteiger charge is 2.22. The van der Waals surface area contributed by atoms with Crippen molar-refractivity contribution in [1.82, 2.24) is 9.78 Å². The van der Waals surface area contributed by atoms with Gasteiger partial charge in [-0.25, -0.2) is 4.79 Å². The second-order valence-corrected chi connectivity index (χ2v) is 4.03. The molecule has 1 amide bonds. The number of hydrogen-bond donors (Lipinski definition) is 1. The Morgan fingerprint density at radius 3 is 2.70 bits per heavy atom. The van der Waals surface area contributed by atoms with E-state index in [1.165, 1.54) is 10.8 Å². The molecule has 0 aliphatic heterocycles. The summed E-state index contributed by atoms with van der Waals surface area (Å²) in [6.45, 7) is 5.53. The number of hydrogen-bond acceptors (Lipinski definition) is 4. The normalized spacial score (nSPS) is 11.2. The minimum absolute atomic E-state index is 0.266. The number of nitrogens with zero attached hydrogens (tertiary/aromatic N) is 2. The second-order valence-electron chi connectivity index (χ2n) is 4.03. The lowest BCUT2D eigenvalue weighted by Gasteiger charge is -2.06. The SMILES string of the molecule is C/C=C/C=C/C(=O)Nc1c(C(=O)OCC)c(C)nn1C. The number of carbonyl (C=O) groups excluding carboxylic acids is 2. The third-order valence-electron chi connectivity index (χ3n) is 2.49. The Bertz CT molecular complexity index is 556. The molecule has 6 heteroatoms. The first-order valence-electron chi connectivity index (χ1n) is 6.32. The van der Waals surface area contributed by atoms with E-state index in [-0.39, 0.29) is 18.1 Å². The Balaban J connectivity index is 3.00. The van der Waals surface area contributed by atoms with Gasteiger partial charge in [0.15, 0.2) is 0 Å². The van der Waals surface area contributed by atoms with E-state index in [1.807, 2.05) is 13.0 Å². The lowest BCUT2D eigenvalue weighted by Crippen LogP contribution is -2.15. The summed E-state index contributed by atoms with van der Waals surface area (Å²) in [5.74, 6) is -0.501. The van der Waals surface area contributed by atoms with Crippen LogP contribution in [0.15, 0.2) is 24.3 Å². The van der Waals surface area contributed by atoms with E-state index in [2.05, 4.69) is 10.4 Å². The monoisotopic (exact) mass is 277 g/mol. The van der Waals surface area contributed by atoms with Crippen LogP contribution in [0.25, 0.3) is 0 Å². The van der Waals surface area contributed by atoms with E-state index in [9.17, 15) is 9.59 Å². The zero-order chi connectivity index (χ0) is 15.1. The fourth-order valence-electron chi connectivity index (χ4n) is 1.66. The van der Waals surface area contributed by atoms with Crippen molar-refractivity contribution in [3.63, 3.8) is 0 Å². The maximum absolute atomic E-state index is 11.9. The Labute approximate surface area is 118 Å². The standard InChI is InChI=1S/C14H19N3O3/c1-5-7-8-9-11(18)15-13-12(14(19)20-6-2)10(3)16-17(13)4/h5,7-9H,6H2,1-4H3,(H,15,18)/b7-5+,9-8+. The first-order chi connectivity index (χ1) is 9.51. The van der Waals surface area contributed by atoms with Crippen LogP contribution in [-0.4, -0.2) is 28.3 Å². The van der Waals surface area contributed by atoms with Gasteiger partial charge in [0.25, 0.3) is 0 Å². The molecule has 6 nitrogen and oxygen atoms in total. The summed E-state index contributed by atoms with van der Waals surface area (Å²) in [7, 11) is 1.65. The fourth-order valence-corrected chi connectivity index (χ4v) is 1.66. The van der Waals surface area contributed by atoms with Crippen LogP contribution < -0.4 is 5.32 Å². The van der Waals surface area contributed by atoms with Crippen LogP contribution in [0.1, 0.15) is 29.9 Å². The molecule has 0 radical (unpaired) electrons. The summed E-state index contributed by atoms with van der Waals surface area (Å²) in [4.78, 5) is 23.6. The second kappa shape index (κ2) is 7.28. The molecule has 1 N–H and O–H groups in total. The number of nitrogens with one attached hydrogen (secondary N) is 1. The molecule has 0 bridgehead atoms. The molecule has 0 aliphatic rings. The maximum Gasteiger partial charge on any atom is 0.343 e. The Kier molecular flexibility index (Phi) is 5.71. The van der Waals surface area contributed by atoms with Crippen LogP contribution in [-0.2, 0) is 16.6 Å². The zero-order valence-electron chi connectivity index (χ0n) is 12.1. The minimum Gasteiger partial charge on any atom is -0.462 e. The molecule has 0 spiro atoms. The molecule has 1 aromatic rings. The predicted molar refractivity (Wildman–Crippen MR) is 76.5 cm³/mol. The van der Waals surface area contributed by atoms with Gasteiger partial charge in [0.1, 0.15) is 11.4 Å². The zero-order valence-corrected chi connectivity index (χ0v) is 12.1. The molecule has 108 valence electrons. The summed E-state index contributed by atoms with van der Waals surface area (Å²) >= 11 is 0. The van der Waals surface area contributed by atoms with Crippen LogP contribution in [0.4, 0.5) is 5.82 Å². The van der Waals surface area contributed by atoms with Crippen molar-refractivity contribution in [2.75, 3.05) is 11.9 Å². The molecule has 0 saturated heterocycles. The van der Waals surface area contributed by atoms with Gasteiger partial charge >= 0.3 is 5.97 Å². The molecule has 0 atom stereocenters. The highest BCUT2D eigenvalue weighted by atomic mass is 16.5. The van der Waals surface area contributed by atoms with Crippen LogP contribution in [0.3, 0.4) is 0 Å². The average molecular weight is 277 g/mol. The van der Waals surface area contributed by atoms with Crippen LogP contribution in [0.2, 0.25) is 0 Å². The summed E-state index contributed by atoms with van der Waals surface area (Å²) in [6, 6.07) is 0. The molecule has 0 unspecified atom stereocenters. The third-order valence-corrected chi connectivity index (χ3v) is 2.49. The summed E-state index contributed by atoms with van der Waals surface area (Å²) < 4.78 is 6.42. The van der Waals surface area contributed by atoms with Gasteiger partial charge in [-0.3, -0.25) is 9.48 Å². The Hall–Kier alpha value is -2.37. The van der Waals surface area contributed by atoms with Crippen molar-refractivity contribution >= 4 is 17.7 Å². The number of rotatable bonds is 5. The third kappa shape index (κ3) is 3.81. The summed E-state index contributed by atoms with van der Waals surface area (Å²) in [5, 5.41) is 6.76. The van der Waals surface area contributed by atoms with Crippen molar-refractivity contribution < 1.29 is 14.3 Å². The number of ether oxygens (including phenoxy) is 1. The molecule has 1 rings (SSSR count). The van der Waals surface area contributed by atoms with Gasteiger partial charge in [0.05, 0.1) is 12.3 Å². The van der Waals surface area contributed by atoms with Crippen molar-refractivity contribution in [2.24, 2.45) is 7.05 Å². The van der Waals surface area contributed by atoms with Gasteiger partial charge in [0.2, 0.25) is 5.91 Å². The van der Waals surface area contributed by atoms with Gasteiger partial charge in [-0.05, 0) is 20.8 Å². The summed E-state index contributed by atoms with van der Waals surface area (Å²) in [6.07, 6.45) is 6.53. The van der Waals surface area contributed by atoms with Crippen molar-refractivity contribution in [3.8, 4) is 0 Å². The van der Waals surface area contributed by atoms with Gasteiger partial charge in [0, 0.05) is 13.1 Å². The molecule has 0 aliphatic carbocycles. The van der Waals surface area contributed by atoms with E-state index in [0.29, 0.717) is 11.5 Å². The van der Waals surface area contributed by atoms with Gasteiger partial charge in [-0.1, -0.05) is 18.2 Å². The largest absolute Gasteiger partial charge is 0.462 e. The first-order valence-corrected chi connectivity index (χ1v) is 6.32. The highest BCUT2D eigenvalue weighted by Crippen LogP contribution is 2.19. The number of carbonyl (C=O) groups is 2. The number of aromatic nitrogens is 2. The van der Waals surface area contributed by atoms with Crippen molar-refractivity contribution in [2.45, 2.75) is 20.8 Å². The summed E-state index contributed by atoms with van der Waals surface area (Å²) in [5.41, 5.74) is 0.792. The quantitative estimate of drug-likeness (QED) is 0.507. The van der Waals surface area contributed by atoms with Gasteiger partial charge < -0.3 is 10.1 Å². The van der Waals surface area contributed by atoms with E-state index < -0.39 is 5.97 Å². The Morgan fingerprint density at radius 2 is 2.10 bits per heavy atom. The van der Waals surface area contributed by atoms with Crippen molar-refractivity contribution in [3.05, 3.63) is 35.6 Å². The smallest absolute Gasteiger partial charge is 0.343 e. The predicted octanol–water partition coefficient (Wildman–Crippen LogP) is 1.98. The lowest BCUT2D eigenvalue weighted by molar-refractivity contribution is -0.111. The number of aryl methyl sites for hydroxylation is 2. The topological polar surface area (TPSA) is 73.2 Å². The number of amides is 1. The molecule has 20 heavy (non-hydrogen) atoms. The average Bonchev–Trinajstić information content (AvgIpc) is 2.65. The van der Waals surface area contributed by atoms with Crippen LogP contribution in [0.5, 0.6) is 0 Å². The van der Waals surface area contributed by atoms with Gasteiger partial charge in [-0.15, -0.1) is 0 Å². The molecule has 0 fully saturated rings. The molecule has 0 aromatic carbocycles. The van der Waals surface area contributed by atoms with E-state index in [1.54, 1.807) is 33.0 Å². The number of allylic oxidation sites excluding steroid dienone is 3. The van der Waals surface area contributed by atoms with Crippen molar-refractivity contribution in [1.29, 1.82) is 0 Å². The van der Waals surface area contributed by atoms with Crippen LogP contribution >= 0.6 is 0 Å². The molecule has 0 saturated carbocycles. The fraction of sp³-hybridized carbons (Fsp3) is 0.357. The Morgan fingerprint density at radius 1 is 1.40 bits per heavy atom. The van der Waals surface area contributed by atoms with Gasteiger partial charge in [-0.2, -0.15) is 5.10 Å². The molecule has 1 heterocycles. The van der Waals surface area contributed by atoms with E-state index in [4.69, 9.17) is 4.74 Å².